The Bertz CT molecular complexity index is 856. The predicted molar refractivity (Wildman–Crippen MR) is 96.2 cm³/mol. The smallest absolute Gasteiger partial charge is 0.163 e. The number of morpholine rings is 1. The molecule has 0 aliphatic carbocycles. The number of hydrogen-bond donors (Lipinski definition) is 1. The Balaban J connectivity index is 1.44. The molecule has 0 spiro atoms. The normalized spacial score (nSPS) is 15.6. The molecule has 130 valence electrons. The van der Waals surface area contributed by atoms with E-state index in [9.17, 15) is 0 Å². The first-order chi connectivity index (χ1) is 12.3. The van der Waals surface area contributed by atoms with Crippen LogP contribution in [0, 0.1) is 0 Å². The second-order valence-electron chi connectivity index (χ2n) is 6.29. The Kier molecular flexibility index (Phi) is 4.58. The molecule has 3 heterocycles. The van der Waals surface area contributed by atoms with Gasteiger partial charge in [-0.2, -0.15) is 5.10 Å². The van der Waals surface area contributed by atoms with E-state index < -0.39 is 0 Å². The van der Waals surface area contributed by atoms with Gasteiger partial charge in [0.2, 0.25) is 0 Å². The molecule has 2 aromatic heterocycles. The molecule has 1 N–H and O–H groups in total. The number of nitrogens with one attached hydrogen (secondary N) is 1. The third kappa shape index (κ3) is 3.62. The SMILES string of the molecule is Cn1ncc2c(NCc3cccc(CN4CCOCC4)c3)ncnc21. The van der Waals surface area contributed by atoms with Crippen LogP contribution in [0.2, 0.25) is 0 Å². The van der Waals surface area contributed by atoms with Crippen LogP contribution in [-0.2, 0) is 24.9 Å². The van der Waals surface area contributed by atoms with Crippen molar-refractivity contribution in [3.63, 3.8) is 0 Å². The zero-order chi connectivity index (χ0) is 17.1. The first kappa shape index (κ1) is 16.0. The highest BCUT2D eigenvalue weighted by atomic mass is 16.5. The quantitative estimate of drug-likeness (QED) is 0.765. The third-order valence-corrected chi connectivity index (χ3v) is 4.49. The molecule has 7 nitrogen and oxygen atoms in total. The Hall–Kier alpha value is -2.51. The van der Waals surface area contributed by atoms with Gasteiger partial charge in [-0.25, -0.2) is 9.97 Å². The second-order valence-corrected chi connectivity index (χ2v) is 6.29. The van der Waals surface area contributed by atoms with Gasteiger partial charge in [0.15, 0.2) is 5.65 Å². The molecule has 1 aliphatic heterocycles. The molecular formula is C18H22N6O. The first-order valence-corrected chi connectivity index (χ1v) is 8.54. The topological polar surface area (TPSA) is 68.1 Å². The second kappa shape index (κ2) is 7.16. The molecule has 1 fully saturated rings. The lowest BCUT2D eigenvalue weighted by Crippen LogP contribution is -2.35. The van der Waals surface area contributed by atoms with E-state index >= 15 is 0 Å². The van der Waals surface area contributed by atoms with Crippen molar-refractivity contribution < 1.29 is 4.74 Å². The predicted octanol–water partition coefficient (Wildman–Crippen LogP) is 1.81. The summed E-state index contributed by atoms with van der Waals surface area (Å²) in [7, 11) is 1.88. The Morgan fingerprint density at radius 2 is 2.00 bits per heavy atom. The van der Waals surface area contributed by atoms with E-state index in [1.165, 1.54) is 11.1 Å². The van der Waals surface area contributed by atoms with Crippen LogP contribution in [0.5, 0.6) is 0 Å². The number of ether oxygens (including phenoxy) is 1. The first-order valence-electron chi connectivity index (χ1n) is 8.54. The van der Waals surface area contributed by atoms with Gasteiger partial charge in [0, 0.05) is 33.2 Å². The van der Waals surface area contributed by atoms with Crippen molar-refractivity contribution in [2.24, 2.45) is 7.05 Å². The molecule has 1 aliphatic rings. The van der Waals surface area contributed by atoms with E-state index in [2.05, 4.69) is 49.5 Å². The number of anilines is 1. The molecule has 1 saturated heterocycles. The van der Waals surface area contributed by atoms with Crippen LogP contribution in [0.4, 0.5) is 5.82 Å². The Morgan fingerprint density at radius 1 is 1.16 bits per heavy atom. The van der Waals surface area contributed by atoms with Gasteiger partial charge in [0.05, 0.1) is 24.8 Å². The highest BCUT2D eigenvalue weighted by Gasteiger charge is 2.11. The van der Waals surface area contributed by atoms with Gasteiger partial charge in [0.25, 0.3) is 0 Å². The molecule has 0 amide bonds. The summed E-state index contributed by atoms with van der Waals surface area (Å²) in [4.78, 5) is 11.1. The summed E-state index contributed by atoms with van der Waals surface area (Å²) in [6.45, 7) is 5.35. The van der Waals surface area contributed by atoms with Crippen molar-refractivity contribution in [3.05, 3.63) is 47.9 Å². The summed E-state index contributed by atoms with van der Waals surface area (Å²) >= 11 is 0. The van der Waals surface area contributed by atoms with Crippen LogP contribution in [0.1, 0.15) is 11.1 Å². The maximum Gasteiger partial charge on any atom is 0.163 e. The molecule has 0 atom stereocenters. The third-order valence-electron chi connectivity index (χ3n) is 4.49. The van der Waals surface area contributed by atoms with E-state index in [0.717, 1.165) is 56.2 Å². The maximum atomic E-state index is 5.42. The highest BCUT2D eigenvalue weighted by Crippen LogP contribution is 2.19. The average Bonchev–Trinajstić information content (AvgIpc) is 3.03. The van der Waals surface area contributed by atoms with Gasteiger partial charge in [-0.1, -0.05) is 24.3 Å². The van der Waals surface area contributed by atoms with Gasteiger partial charge in [0.1, 0.15) is 12.1 Å². The molecule has 1 aromatic carbocycles. The fourth-order valence-electron chi connectivity index (χ4n) is 3.14. The van der Waals surface area contributed by atoms with Gasteiger partial charge in [-0.3, -0.25) is 9.58 Å². The minimum absolute atomic E-state index is 0.720. The molecular weight excluding hydrogens is 316 g/mol. The molecule has 4 rings (SSSR count). The van der Waals surface area contributed by atoms with Crippen LogP contribution in [-0.4, -0.2) is 51.0 Å². The number of fused-ring (bicyclic) bond motifs is 1. The molecule has 0 unspecified atom stereocenters. The summed E-state index contributed by atoms with van der Waals surface area (Å²) in [6.07, 6.45) is 3.37. The van der Waals surface area contributed by atoms with Crippen LogP contribution in [0.25, 0.3) is 11.0 Å². The molecule has 3 aromatic rings. The van der Waals surface area contributed by atoms with Crippen molar-refractivity contribution in [1.82, 2.24) is 24.6 Å². The summed E-state index contributed by atoms with van der Waals surface area (Å²) in [5, 5.41) is 8.60. The van der Waals surface area contributed by atoms with E-state index in [1.54, 1.807) is 17.2 Å². The fourth-order valence-corrected chi connectivity index (χ4v) is 3.14. The summed E-state index contributed by atoms with van der Waals surface area (Å²) in [5.41, 5.74) is 3.40. The van der Waals surface area contributed by atoms with E-state index in [1.807, 2.05) is 7.05 Å². The fraction of sp³-hybridized carbons (Fsp3) is 0.389. The number of hydrogen-bond acceptors (Lipinski definition) is 6. The maximum absolute atomic E-state index is 5.42. The molecule has 25 heavy (non-hydrogen) atoms. The van der Waals surface area contributed by atoms with Crippen LogP contribution >= 0.6 is 0 Å². The highest BCUT2D eigenvalue weighted by molar-refractivity contribution is 5.85. The summed E-state index contributed by atoms with van der Waals surface area (Å²) in [6, 6.07) is 8.69. The minimum Gasteiger partial charge on any atom is -0.379 e. The zero-order valence-electron chi connectivity index (χ0n) is 14.4. The summed E-state index contributed by atoms with van der Waals surface area (Å²) < 4.78 is 7.17. The van der Waals surface area contributed by atoms with Crippen LogP contribution < -0.4 is 5.32 Å². The average molecular weight is 338 g/mol. The number of rotatable bonds is 5. The molecule has 7 heteroatoms. The lowest BCUT2D eigenvalue weighted by Gasteiger charge is -2.26. The van der Waals surface area contributed by atoms with Crippen molar-refractivity contribution in [1.29, 1.82) is 0 Å². The van der Waals surface area contributed by atoms with Crippen molar-refractivity contribution in [2.45, 2.75) is 13.1 Å². The van der Waals surface area contributed by atoms with E-state index in [-0.39, 0.29) is 0 Å². The van der Waals surface area contributed by atoms with Crippen LogP contribution in [0.15, 0.2) is 36.8 Å². The largest absolute Gasteiger partial charge is 0.379 e. The van der Waals surface area contributed by atoms with E-state index in [4.69, 9.17) is 4.74 Å². The number of aromatic nitrogens is 4. The van der Waals surface area contributed by atoms with Gasteiger partial charge < -0.3 is 10.1 Å². The van der Waals surface area contributed by atoms with Crippen LogP contribution in [0.3, 0.4) is 0 Å². The monoisotopic (exact) mass is 338 g/mol. The van der Waals surface area contributed by atoms with Gasteiger partial charge in [-0.15, -0.1) is 0 Å². The lowest BCUT2D eigenvalue weighted by atomic mass is 10.1. The lowest BCUT2D eigenvalue weighted by molar-refractivity contribution is 0.0342. The number of benzene rings is 1. The van der Waals surface area contributed by atoms with Gasteiger partial charge in [-0.05, 0) is 11.1 Å². The summed E-state index contributed by atoms with van der Waals surface area (Å²) in [5.74, 6) is 0.816. The van der Waals surface area contributed by atoms with Gasteiger partial charge >= 0.3 is 0 Å². The standard InChI is InChI=1S/C18H22N6O/c1-23-18-16(11-22-23)17(20-13-21-18)19-10-14-3-2-4-15(9-14)12-24-5-7-25-8-6-24/h2-4,9,11,13H,5-8,10,12H2,1H3,(H,19,20,21). The van der Waals surface area contributed by atoms with Crippen molar-refractivity contribution in [2.75, 3.05) is 31.6 Å². The minimum atomic E-state index is 0.720. The molecule has 0 radical (unpaired) electrons. The van der Waals surface area contributed by atoms with Crippen molar-refractivity contribution >= 4 is 16.9 Å². The number of nitrogens with zero attached hydrogens (tertiary/aromatic N) is 5. The van der Waals surface area contributed by atoms with Crippen molar-refractivity contribution in [3.8, 4) is 0 Å². The zero-order valence-corrected chi connectivity index (χ0v) is 14.4. The molecule has 0 bridgehead atoms. The Labute approximate surface area is 146 Å². The van der Waals surface area contributed by atoms with E-state index in [0.29, 0.717) is 0 Å². The molecule has 0 saturated carbocycles. The Morgan fingerprint density at radius 3 is 2.88 bits per heavy atom. The number of aryl methyl sites for hydroxylation is 1.